The zero-order valence-corrected chi connectivity index (χ0v) is 21.8. The maximum absolute atomic E-state index is 5.92. The largest absolute Gasteiger partial charge is 0.444 e. The molecule has 2 unspecified atom stereocenters. The molecule has 1 aromatic rings. The number of aromatic nitrogens is 1. The van der Waals surface area contributed by atoms with Crippen LogP contribution in [0.1, 0.15) is 50.5 Å². The Morgan fingerprint density at radius 1 is 1.29 bits per heavy atom. The highest BCUT2D eigenvalue weighted by molar-refractivity contribution is 14.0. The maximum atomic E-state index is 5.92. The van der Waals surface area contributed by atoms with Crippen molar-refractivity contribution in [3.8, 4) is 0 Å². The van der Waals surface area contributed by atoms with Crippen LogP contribution in [-0.4, -0.2) is 74.0 Å². The lowest BCUT2D eigenvalue weighted by molar-refractivity contribution is 0.0347. The number of piperidine rings is 1. The fourth-order valence-electron chi connectivity index (χ4n) is 3.87. The highest BCUT2D eigenvalue weighted by Crippen LogP contribution is 2.20. The van der Waals surface area contributed by atoms with E-state index in [1.165, 1.54) is 0 Å². The molecule has 8 nitrogen and oxygen atoms in total. The number of likely N-dealkylation sites (tertiary alicyclic amines) is 1. The minimum absolute atomic E-state index is 0. The Balaban J connectivity index is 0.00000341. The van der Waals surface area contributed by atoms with Gasteiger partial charge in [-0.2, -0.15) is 0 Å². The van der Waals surface area contributed by atoms with E-state index in [1.807, 2.05) is 13.8 Å². The fraction of sp³-hybridized carbons (Fsp3) is 0.818. The molecule has 0 radical (unpaired) electrons. The normalized spacial score (nSPS) is 21.7. The van der Waals surface area contributed by atoms with Crippen molar-refractivity contribution in [2.45, 2.75) is 65.6 Å². The minimum Gasteiger partial charge on any atom is -0.444 e. The summed E-state index contributed by atoms with van der Waals surface area (Å²) in [4.78, 5) is 11.8. The van der Waals surface area contributed by atoms with Gasteiger partial charge in [0, 0.05) is 25.7 Å². The summed E-state index contributed by atoms with van der Waals surface area (Å²) in [5, 5.41) is 6.83. The molecule has 2 fully saturated rings. The molecule has 2 aliphatic rings. The number of hydrogen-bond acceptors (Lipinski definition) is 6. The Labute approximate surface area is 203 Å². The zero-order valence-electron chi connectivity index (χ0n) is 19.5. The van der Waals surface area contributed by atoms with Crippen molar-refractivity contribution >= 4 is 29.9 Å². The van der Waals surface area contributed by atoms with Gasteiger partial charge in [0.25, 0.3) is 0 Å². The van der Waals surface area contributed by atoms with Gasteiger partial charge in [0.15, 0.2) is 5.96 Å². The molecule has 0 aliphatic carbocycles. The van der Waals surface area contributed by atoms with Crippen LogP contribution in [0.5, 0.6) is 0 Å². The van der Waals surface area contributed by atoms with Crippen molar-refractivity contribution in [2.75, 3.05) is 46.0 Å². The van der Waals surface area contributed by atoms with Crippen LogP contribution in [0.2, 0.25) is 0 Å². The summed E-state index contributed by atoms with van der Waals surface area (Å²) in [5.74, 6) is 3.26. The van der Waals surface area contributed by atoms with E-state index in [1.54, 1.807) is 0 Å². The smallest absolute Gasteiger partial charge is 0.208 e. The molecule has 0 bridgehead atoms. The first-order valence-electron chi connectivity index (χ1n) is 11.4. The number of ether oxygens (including phenoxy) is 2. The highest BCUT2D eigenvalue weighted by atomic mass is 127. The van der Waals surface area contributed by atoms with Crippen molar-refractivity contribution in [1.82, 2.24) is 20.5 Å². The summed E-state index contributed by atoms with van der Waals surface area (Å²) in [7, 11) is 0. The molecule has 2 saturated heterocycles. The summed E-state index contributed by atoms with van der Waals surface area (Å²) >= 11 is 0. The van der Waals surface area contributed by atoms with Gasteiger partial charge in [-0.05, 0) is 66.0 Å². The first kappa shape index (κ1) is 26.3. The number of rotatable bonds is 9. The van der Waals surface area contributed by atoms with Crippen LogP contribution in [0.15, 0.2) is 9.41 Å². The monoisotopic (exact) mass is 549 g/mol. The average Bonchev–Trinajstić information content (AvgIpc) is 3.35. The second-order valence-corrected chi connectivity index (χ2v) is 8.55. The van der Waals surface area contributed by atoms with Gasteiger partial charge in [0.1, 0.15) is 5.76 Å². The molecule has 0 amide bonds. The Kier molecular flexibility index (Phi) is 11.6. The van der Waals surface area contributed by atoms with Gasteiger partial charge in [-0.15, -0.1) is 24.0 Å². The van der Waals surface area contributed by atoms with Gasteiger partial charge in [0.05, 0.1) is 31.6 Å². The quantitative estimate of drug-likeness (QED) is 0.279. The summed E-state index contributed by atoms with van der Waals surface area (Å²) in [6.45, 7) is 15.0. The lowest BCUT2D eigenvalue weighted by Crippen LogP contribution is -2.45. The highest BCUT2D eigenvalue weighted by Gasteiger charge is 2.21. The molecule has 2 atom stereocenters. The number of hydrogen-bond donors (Lipinski definition) is 2. The van der Waals surface area contributed by atoms with Crippen molar-refractivity contribution in [3.63, 3.8) is 0 Å². The molecule has 2 aliphatic heterocycles. The number of aliphatic imine (C=N–C) groups is 1. The number of guanidine groups is 1. The second-order valence-electron chi connectivity index (χ2n) is 8.55. The third kappa shape index (κ3) is 8.86. The molecular weight excluding hydrogens is 509 g/mol. The van der Waals surface area contributed by atoms with Crippen LogP contribution in [-0.2, 0) is 16.0 Å². The number of halogens is 1. The Morgan fingerprint density at radius 2 is 2.06 bits per heavy atom. The number of aryl methyl sites for hydroxylation is 2. The van der Waals surface area contributed by atoms with Crippen molar-refractivity contribution < 1.29 is 13.9 Å². The molecule has 178 valence electrons. The van der Waals surface area contributed by atoms with Gasteiger partial charge in [-0.3, -0.25) is 9.89 Å². The van der Waals surface area contributed by atoms with Crippen LogP contribution in [0, 0.1) is 19.8 Å². The standard InChI is InChI=1S/C22H39N5O3.HI/c1-5-23-22(25-16(2)14-29-20-8-11-28-15-20)24-12-19-6-9-27(10-7-19)13-21-26-17(3)18(4)30-21;/h16,19-20H,5-15H2,1-4H3,(H2,23,24,25);1H. The van der Waals surface area contributed by atoms with Crippen LogP contribution in [0.25, 0.3) is 0 Å². The lowest BCUT2D eigenvalue weighted by Gasteiger charge is -2.30. The summed E-state index contributed by atoms with van der Waals surface area (Å²) < 4.78 is 17.0. The molecule has 3 heterocycles. The Hall–Kier alpha value is -0.910. The minimum atomic E-state index is 0. The molecule has 3 rings (SSSR count). The van der Waals surface area contributed by atoms with Crippen molar-refractivity contribution in [3.05, 3.63) is 17.3 Å². The number of oxazole rings is 1. The van der Waals surface area contributed by atoms with Gasteiger partial charge in [-0.25, -0.2) is 4.98 Å². The predicted molar refractivity (Wildman–Crippen MR) is 133 cm³/mol. The van der Waals surface area contributed by atoms with E-state index in [4.69, 9.17) is 18.9 Å². The maximum Gasteiger partial charge on any atom is 0.208 e. The van der Waals surface area contributed by atoms with Gasteiger partial charge < -0.3 is 24.5 Å². The van der Waals surface area contributed by atoms with E-state index in [9.17, 15) is 0 Å². The lowest BCUT2D eigenvalue weighted by atomic mass is 9.97. The third-order valence-corrected chi connectivity index (χ3v) is 5.84. The van der Waals surface area contributed by atoms with E-state index in [0.29, 0.717) is 12.5 Å². The predicted octanol–water partition coefficient (Wildman–Crippen LogP) is 2.87. The average molecular weight is 549 g/mol. The summed E-state index contributed by atoms with van der Waals surface area (Å²) in [5.41, 5.74) is 0.994. The summed E-state index contributed by atoms with van der Waals surface area (Å²) in [6.07, 6.45) is 3.54. The second kappa shape index (κ2) is 13.6. The molecule has 0 aromatic carbocycles. The first-order valence-corrected chi connectivity index (χ1v) is 11.4. The van der Waals surface area contributed by atoms with Crippen LogP contribution < -0.4 is 10.6 Å². The topological polar surface area (TPSA) is 84.2 Å². The molecule has 9 heteroatoms. The molecule has 31 heavy (non-hydrogen) atoms. The SMILES string of the molecule is CCNC(=NCC1CCN(Cc2nc(C)c(C)o2)CC1)NC(C)COC1CCOC1.I. The van der Waals surface area contributed by atoms with Crippen LogP contribution >= 0.6 is 24.0 Å². The number of nitrogens with zero attached hydrogens (tertiary/aromatic N) is 3. The third-order valence-electron chi connectivity index (χ3n) is 5.84. The molecular formula is C22H40IN5O3. The molecule has 2 N–H and O–H groups in total. The fourth-order valence-corrected chi connectivity index (χ4v) is 3.87. The zero-order chi connectivity index (χ0) is 21.3. The van der Waals surface area contributed by atoms with Crippen LogP contribution in [0.4, 0.5) is 0 Å². The van der Waals surface area contributed by atoms with Gasteiger partial charge >= 0.3 is 0 Å². The van der Waals surface area contributed by atoms with Crippen molar-refractivity contribution in [2.24, 2.45) is 10.9 Å². The van der Waals surface area contributed by atoms with Crippen LogP contribution in [0.3, 0.4) is 0 Å². The van der Waals surface area contributed by atoms with E-state index >= 15 is 0 Å². The molecule has 0 spiro atoms. The molecule has 1 aromatic heterocycles. The molecule has 0 saturated carbocycles. The Morgan fingerprint density at radius 3 is 2.68 bits per heavy atom. The van der Waals surface area contributed by atoms with E-state index in [0.717, 1.165) is 88.5 Å². The van der Waals surface area contributed by atoms with E-state index in [2.05, 4.69) is 34.4 Å². The summed E-state index contributed by atoms with van der Waals surface area (Å²) in [6, 6.07) is 0.206. The van der Waals surface area contributed by atoms with E-state index < -0.39 is 0 Å². The van der Waals surface area contributed by atoms with Gasteiger partial charge in [-0.1, -0.05) is 0 Å². The number of nitrogens with one attached hydrogen (secondary N) is 2. The van der Waals surface area contributed by atoms with Gasteiger partial charge in [0.2, 0.25) is 5.89 Å². The van der Waals surface area contributed by atoms with Crippen molar-refractivity contribution in [1.29, 1.82) is 0 Å². The Bertz CT molecular complexity index is 651. The van der Waals surface area contributed by atoms with E-state index in [-0.39, 0.29) is 36.1 Å². The first-order chi connectivity index (χ1) is 14.5.